The van der Waals surface area contributed by atoms with Crippen molar-refractivity contribution >= 4 is 11.9 Å². The van der Waals surface area contributed by atoms with Crippen LogP contribution >= 0.6 is 0 Å². The molecule has 1 aliphatic rings. The summed E-state index contributed by atoms with van der Waals surface area (Å²) in [4.78, 5) is 20.3. The molecule has 3 rings (SSSR count). The van der Waals surface area contributed by atoms with Crippen LogP contribution in [0.4, 0.5) is 8.78 Å². The number of guanidine groups is 1. The lowest BCUT2D eigenvalue weighted by Crippen LogP contribution is -2.54. The number of amides is 1. The zero-order valence-electron chi connectivity index (χ0n) is 15.5. The second-order valence-electron chi connectivity index (χ2n) is 6.15. The monoisotopic (exact) mass is 392 g/mol. The second-order valence-corrected chi connectivity index (χ2v) is 6.15. The van der Waals surface area contributed by atoms with Crippen molar-refractivity contribution in [3.63, 3.8) is 0 Å². The molecule has 1 saturated heterocycles. The van der Waals surface area contributed by atoms with Crippen molar-refractivity contribution in [3.05, 3.63) is 54.0 Å². The number of nitrogens with zero attached hydrogens (tertiary/aromatic N) is 3. The Kier molecular flexibility index (Phi) is 6.46. The van der Waals surface area contributed by atoms with Crippen LogP contribution < -0.4 is 10.1 Å². The van der Waals surface area contributed by atoms with Gasteiger partial charge in [0.15, 0.2) is 23.4 Å². The van der Waals surface area contributed by atoms with E-state index in [0.29, 0.717) is 44.4 Å². The highest BCUT2D eigenvalue weighted by Gasteiger charge is 2.25. The Morgan fingerprint density at radius 2 is 1.93 bits per heavy atom. The van der Waals surface area contributed by atoms with Gasteiger partial charge in [0, 0.05) is 39.3 Å². The Labute approximate surface area is 161 Å². The molecule has 0 atom stereocenters. The van der Waals surface area contributed by atoms with Crippen molar-refractivity contribution in [2.24, 2.45) is 4.99 Å². The molecule has 0 radical (unpaired) electrons. The van der Waals surface area contributed by atoms with E-state index in [9.17, 15) is 13.6 Å². The molecule has 150 valence electrons. The molecule has 0 aliphatic carbocycles. The smallest absolute Gasteiger partial charge is 0.289 e. The van der Waals surface area contributed by atoms with Crippen molar-refractivity contribution < 1.29 is 22.7 Å². The summed E-state index contributed by atoms with van der Waals surface area (Å²) >= 11 is 0. The summed E-state index contributed by atoms with van der Waals surface area (Å²) in [6.45, 7) is 3.10. The average molecular weight is 392 g/mol. The summed E-state index contributed by atoms with van der Waals surface area (Å²) in [6, 6.07) is 6.77. The predicted molar refractivity (Wildman–Crippen MR) is 99.4 cm³/mol. The van der Waals surface area contributed by atoms with Crippen LogP contribution in [0.3, 0.4) is 0 Å². The van der Waals surface area contributed by atoms with E-state index in [1.165, 1.54) is 12.3 Å². The zero-order chi connectivity index (χ0) is 19.9. The molecule has 7 nitrogen and oxygen atoms in total. The van der Waals surface area contributed by atoms with Crippen LogP contribution in [0, 0.1) is 11.6 Å². The molecule has 2 aromatic rings. The van der Waals surface area contributed by atoms with Gasteiger partial charge < -0.3 is 24.3 Å². The lowest BCUT2D eigenvalue weighted by atomic mass is 10.3. The normalized spacial score (nSPS) is 14.9. The molecule has 1 N–H and O–H groups in total. The van der Waals surface area contributed by atoms with Gasteiger partial charge in [0.05, 0.1) is 12.8 Å². The van der Waals surface area contributed by atoms with E-state index in [0.717, 1.165) is 12.1 Å². The summed E-state index contributed by atoms with van der Waals surface area (Å²) in [7, 11) is 1.68. The third-order valence-corrected chi connectivity index (χ3v) is 4.36. The number of benzene rings is 1. The molecule has 1 aliphatic heterocycles. The molecular formula is C19H22F2N4O3. The maximum Gasteiger partial charge on any atom is 0.289 e. The molecule has 2 heterocycles. The molecular weight excluding hydrogens is 370 g/mol. The molecule has 0 spiro atoms. The lowest BCUT2D eigenvalue weighted by molar-refractivity contribution is 0.0657. The molecule has 1 amide bonds. The fourth-order valence-electron chi connectivity index (χ4n) is 2.91. The SMILES string of the molecule is CN=C(NCCOc1ccc(F)c(F)c1)N1CCN(C(=O)c2ccco2)CC1. The first-order chi connectivity index (χ1) is 13.6. The van der Waals surface area contributed by atoms with Crippen LogP contribution in [0.2, 0.25) is 0 Å². The van der Waals surface area contributed by atoms with E-state index in [2.05, 4.69) is 10.3 Å². The van der Waals surface area contributed by atoms with Gasteiger partial charge in [-0.15, -0.1) is 0 Å². The number of furan rings is 1. The number of carbonyl (C=O) groups is 1. The van der Waals surface area contributed by atoms with Gasteiger partial charge in [-0.3, -0.25) is 9.79 Å². The third-order valence-electron chi connectivity index (χ3n) is 4.36. The van der Waals surface area contributed by atoms with Crippen LogP contribution in [0.15, 0.2) is 46.0 Å². The number of hydrogen-bond acceptors (Lipinski definition) is 4. The minimum absolute atomic E-state index is 0.118. The maximum absolute atomic E-state index is 13.2. The Morgan fingerprint density at radius 1 is 1.18 bits per heavy atom. The topological polar surface area (TPSA) is 70.3 Å². The standard InChI is InChI=1S/C19H22F2N4O3/c1-22-19(23-6-12-27-14-4-5-15(20)16(21)13-14)25-9-7-24(8-10-25)18(26)17-3-2-11-28-17/h2-5,11,13H,6-10,12H2,1H3,(H,22,23). The maximum atomic E-state index is 13.2. The predicted octanol–water partition coefficient (Wildman–Crippen LogP) is 1.97. The Balaban J connectivity index is 1.42. The minimum Gasteiger partial charge on any atom is -0.492 e. The van der Waals surface area contributed by atoms with Crippen LogP contribution in [0.25, 0.3) is 0 Å². The van der Waals surface area contributed by atoms with Gasteiger partial charge in [-0.05, 0) is 24.3 Å². The number of rotatable bonds is 5. The second kappa shape index (κ2) is 9.20. The number of aliphatic imine (C=N–C) groups is 1. The molecule has 28 heavy (non-hydrogen) atoms. The largest absolute Gasteiger partial charge is 0.492 e. The van der Waals surface area contributed by atoms with Crippen LogP contribution in [0.5, 0.6) is 5.75 Å². The number of carbonyl (C=O) groups excluding carboxylic acids is 1. The summed E-state index contributed by atoms with van der Waals surface area (Å²) in [6.07, 6.45) is 1.48. The summed E-state index contributed by atoms with van der Waals surface area (Å²) in [5.74, 6) is -0.670. The highest BCUT2D eigenvalue weighted by Crippen LogP contribution is 2.15. The first-order valence-electron chi connectivity index (χ1n) is 8.94. The third kappa shape index (κ3) is 4.79. The Bertz CT molecular complexity index is 819. The van der Waals surface area contributed by atoms with E-state index in [4.69, 9.17) is 9.15 Å². The van der Waals surface area contributed by atoms with E-state index in [1.807, 2.05) is 4.90 Å². The average Bonchev–Trinajstić information content (AvgIpc) is 3.25. The molecule has 0 saturated carbocycles. The van der Waals surface area contributed by atoms with E-state index in [-0.39, 0.29) is 18.3 Å². The van der Waals surface area contributed by atoms with E-state index in [1.54, 1.807) is 24.1 Å². The molecule has 1 fully saturated rings. The van der Waals surface area contributed by atoms with E-state index < -0.39 is 11.6 Å². The number of nitrogens with one attached hydrogen (secondary N) is 1. The quantitative estimate of drug-likeness (QED) is 0.479. The Morgan fingerprint density at radius 3 is 2.57 bits per heavy atom. The lowest BCUT2D eigenvalue weighted by Gasteiger charge is -2.36. The summed E-state index contributed by atoms with van der Waals surface area (Å²) in [5, 5.41) is 3.17. The first kappa shape index (κ1) is 19.7. The fourth-order valence-corrected chi connectivity index (χ4v) is 2.91. The first-order valence-corrected chi connectivity index (χ1v) is 8.94. The highest BCUT2D eigenvalue weighted by atomic mass is 19.2. The molecule has 1 aromatic heterocycles. The van der Waals surface area contributed by atoms with Crippen molar-refractivity contribution in [2.45, 2.75) is 0 Å². The van der Waals surface area contributed by atoms with Gasteiger partial charge in [-0.1, -0.05) is 0 Å². The van der Waals surface area contributed by atoms with Crippen molar-refractivity contribution in [3.8, 4) is 5.75 Å². The van der Waals surface area contributed by atoms with Crippen LogP contribution in [0.1, 0.15) is 10.6 Å². The summed E-state index contributed by atoms with van der Waals surface area (Å²) < 4.78 is 36.6. The van der Waals surface area contributed by atoms with Gasteiger partial charge in [0.1, 0.15) is 12.4 Å². The van der Waals surface area contributed by atoms with Crippen LogP contribution in [-0.4, -0.2) is 68.0 Å². The molecule has 0 unspecified atom stereocenters. The van der Waals surface area contributed by atoms with Crippen molar-refractivity contribution in [1.82, 2.24) is 15.1 Å². The summed E-state index contributed by atoms with van der Waals surface area (Å²) in [5.41, 5.74) is 0. The van der Waals surface area contributed by atoms with Gasteiger partial charge in [-0.25, -0.2) is 8.78 Å². The van der Waals surface area contributed by atoms with Crippen LogP contribution in [-0.2, 0) is 0 Å². The van der Waals surface area contributed by atoms with Gasteiger partial charge >= 0.3 is 0 Å². The highest BCUT2D eigenvalue weighted by molar-refractivity contribution is 5.91. The molecule has 0 bridgehead atoms. The van der Waals surface area contributed by atoms with Crippen molar-refractivity contribution in [1.29, 1.82) is 0 Å². The Hall–Kier alpha value is -3.10. The van der Waals surface area contributed by atoms with Gasteiger partial charge in [-0.2, -0.15) is 0 Å². The number of hydrogen-bond donors (Lipinski definition) is 1. The minimum atomic E-state index is -0.941. The number of piperazine rings is 1. The van der Waals surface area contributed by atoms with Gasteiger partial charge in [0.25, 0.3) is 5.91 Å². The number of halogens is 2. The zero-order valence-corrected chi connectivity index (χ0v) is 15.5. The number of ether oxygens (including phenoxy) is 1. The van der Waals surface area contributed by atoms with Crippen molar-refractivity contribution in [2.75, 3.05) is 46.4 Å². The molecule has 1 aromatic carbocycles. The fraction of sp³-hybridized carbons (Fsp3) is 0.368. The molecule has 9 heteroatoms. The van der Waals surface area contributed by atoms with Gasteiger partial charge in [0.2, 0.25) is 0 Å². The van der Waals surface area contributed by atoms with E-state index >= 15 is 0 Å².